The Morgan fingerprint density at radius 1 is 1.19 bits per heavy atom. The first-order valence-corrected chi connectivity index (χ1v) is 10.1. The summed E-state index contributed by atoms with van der Waals surface area (Å²) in [5, 5.41) is 0. The summed E-state index contributed by atoms with van der Waals surface area (Å²) in [4.78, 5) is 29.9. The molecule has 146 valence electrons. The van der Waals surface area contributed by atoms with E-state index in [1.165, 1.54) is 25.7 Å². The van der Waals surface area contributed by atoms with Gasteiger partial charge in [-0.25, -0.2) is 0 Å². The quantitative estimate of drug-likeness (QED) is 0.715. The monoisotopic (exact) mass is 361 g/mol. The molecule has 1 aromatic rings. The van der Waals surface area contributed by atoms with E-state index in [9.17, 15) is 9.59 Å². The Hall–Kier alpha value is -1.62. The molecule has 5 heteroatoms. The lowest BCUT2D eigenvalue weighted by molar-refractivity contribution is 0.0769. The van der Waals surface area contributed by atoms with Crippen LogP contribution in [-0.4, -0.2) is 54.0 Å². The van der Waals surface area contributed by atoms with E-state index < -0.39 is 0 Å². The molecule has 5 nitrogen and oxygen atoms in total. The van der Waals surface area contributed by atoms with Crippen molar-refractivity contribution in [2.45, 2.75) is 59.4 Å². The smallest absolute Gasteiger partial charge is 0.259 e. The summed E-state index contributed by atoms with van der Waals surface area (Å²) in [5.41, 5.74) is 2.21. The Bertz CT molecular complexity index is 669. The lowest BCUT2D eigenvalue weighted by Crippen LogP contribution is -2.37. The number of carbonyl (C=O) groups is 1. The zero-order valence-electron chi connectivity index (χ0n) is 17.2. The van der Waals surface area contributed by atoms with Gasteiger partial charge in [-0.3, -0.25) is 9.59 Å². The van der Waals surface area contributed by atoms with E-state index >= 15 is 0 Å². The van der Waals surface area contributed by atoms with Crippen LogP contribution in [0.25, 0.3) is 0 Å². The highest BCUT2D eigenvalue weighted by molar-refractivity contribution is 5.95. The molecule has 0 aliphatic heterocycles. The fourth-order valence-electron chi connectivity index (χ4n) is 4.04. The maximum Gasteiger partial charge on any atom is 0.259 e. The number of pyridine rings is 1. The Labute approximate surface area is 158 Å². The van der Waals surface area contributed by atoms with Gasteiger partial charge in [-0.05, 0) is 47.2 Å². The van der Waals surface area contributed by atoms with Crippen molar-refractivity contribution in [3.63, 3.8) is 0 Å². The second-order valence-corrected chi connectivity index (χ2v) is 7.76. The van der Waals surface area contributed by atoms with Crippen LogP contribution >= 0.6 is 0 Å². The summed E-state index contributed by atoms with van der Waals surface area (Å²) < 4.78 is 2.22. The Kier molecular flexibility index (Phi) is 7.44. The Morgan fingerprint density at radius 2 is 1.81 bits per heavy atom. The molecule has 1 aliphatic carbocycles. The minimum absolute atomic E-state index is 0.105. The maximum atomic E-state index is 13.1. The molecule has 0 bridgehead atoms. The number of nitrogens with zero attached hydrogens (tertiary/aromatic N) is 3. The molecule has 1 heterocycles. The van der Waals surface area contributed by atoms with Gasteiger partial charge in [0.05, 0.1) is 0 Å². The fraction of sp³-hybridized carbons (Fsp3) is 0.714. The number of carbonyl (C=O) groups excluding carboxylic acids is 1. The summed E-state index contributed by atoms with van der Waals surface area (Å²) in [6.07, 6.45) is 5.77. The molecule has 1 aliphatic rings. The molecule has 0 N–H and O–H groups in total. The number of amides is 1. The molecule has 0 spiro atoms. The van der Waals surface area contributed by atoms with Crippen LogP contribution in [-0.2, 0) is 13.0 Å². The van der Waals surface area contributed by atoms with Gasteiger partial charge in [-0.1, -0.05) is 25.7 Å². The number of hydrogen-bond donors (Lipinski definition) is 0. The van der Waals surface area contributed by atoms with Gasteiger partial charge in [0, 0.05) is 43.6 Å². The molecule has 2 rings (SSSR count). The van der Waals surface area contributed by atoms with E-state index in [1.807, 2.05) is 20.8 Å². The number of aromatic nitrogens is 1. The zero-order chi connectivity index (χ0) is 19.3. The molecule has 0 unspecified atom stereocenters. The van der Waals surface area contributed by atoms with Gasteiger partial charge < -0.3 is 14.4 Å². The van der Waals surface area contributed by atoms with Crippen molar-refractivity contribution in [3.8, 4) is 0 Å². The van der Waals surface area contributed by atoms with Crippen molar-refractivity contribution < 1.29 is 4.79 Å². The van der Waals surface area contributed by atoms with Crippen molar-refractivity contribution >= 4 is 5.91 Å². The molecule has 1 fully saturated rings. The highest BCUT2D eigenvalue weighted by Gasteiger charge is 2.26. The van der Waals surface area contributed by atoms with E-state index in [0.717, 1.165) is 30.9 Å². The highest BCUT2D eigenvalue weighted by Crippen LogP contribution is 2.29. The normalized spacial score (nSPS) is 15.0. The number of likely N-dealkylation sites (N-methyl/N-ethyl adjacent to an activating group) is 1. The number of aryl methyl sites for hydroxylation is 1. The lowest BCUT2D eigenvalue weighted by Gasteiger charge is -2.26. The van der Waals surface area contributed by atoms with E-state index in [1.54, 1.807) is 11.0 Å². The van der Waals surface area contributed by atoms with Crippen molar-refractivity contribution in [3.05, 3.63) is 33.2 Å². The van der Waals surface area contributed by atoms with Gasteiger partial charge in [0.25, 0.3) is 5.91 Å². The van der Waals surface area contributed by atoms with Crippen LogP contribution in [0.3, 0.4) is 0 Å². The SMILES string of the molecule is CCN(CC)C(=O)c1c(CC2CCCC2)n(CCN(C)C)c(C)cc1=O. The summed E-state index contributed by atoms with van der Waals surface area (Å²) in [5.74, 6) is 0.483. The largest absolute Gasteiger partial charge is 0.347 e. The maximum absolute atomic E-state index is 13.1. The third-order valence-corrected chi connectivity index (χ3v) is 5.62. The third kappa shape index (κ3) is 4.76. The van der Waals surface area contributed by atoms with Crippen molar-refractivity contribution in [1.82, 2.24) is 14.4 Å². The molecule has 0 atom stereocenters. The third-order valence-electron chi connectivity index (χ3n) is 5.62. The first kappa shape index (κ1) is 20.7. The van der Waals surface area contributed by atoms with Gasteiger partial charge >= 0.3 is 0 Å². The molecule has 0 aromatic carbocycles. The van der Waals surface area contributed by atoms with Crippen LogP contribution in [0.5, 0.6) is 0 Å². The fourth-order valence-corrected chi connectivity index (χ4v) is 4.04. The van der Waals surface area contributed by atoms with E-state index in [4.69, 9.17) is 0 Å². The van der Waals surface area contributed by atoms with Crippen LogP contribution < -0.4 is 5.43 Å². The molecule has 26 heavy (non-hydrogen) atoms. The molecule has 1 saturated carbocycles. The van der Waals surface area contributed by atoms with Crippen LogP contribution in [0.4, 0.5) is 0 Å². The summed E-state index contributed by atoms with van der Waals surface area (Å²) in [7, 11) is 4.10. The number of rotatable bonds is 8. The van der Waals surface area contributed by atoms with E-state index in [2.05, 4.69) is 23.6 Å². The first-order valence-electron chi connectivity index (χ1n) is 10.1. The summed E-state index contributed by atoms with van der Waals surface area (Å²) in [6, 6.07) is 1.64. The van der Waals surface area contributed by atoms with Crippen molar-refractivity contribution in [2.24, 2.45) is 5.92 Å². The lowest BCUT2D eigenvalue weighted by atomic mass is 9.96. The molecular formula is C21H35N3O2. The highest BCUT2D eigenvalue weighted by atomic mass is 16.2. The van der Waals surface area contributed by atoms with Crippen LogP contribution in [0.1, 0.15) is 61.3 Å². The van der Waals surface area contributed by atoms with Gasteiger partial charge in [0.15, 0.2) is 5.43 Å². The second kappa shape index (κ2) is 9.36. The van der Waals surface area contributed by atoms with Gasteiger partial charge in [0.2, 0.25) is 0 Å². The zero-order valence-corrected chi connectivity index (χ0v) is 17.2. The molecule has 1 aromatic heterocycles. The van der Waals surface area contributed by atoms with E-state index in [-0.39, 0.29) is 11.3 Å². The first-order chi connectivity index (χ1) is 12.4. The van der Waals surface area contributed by atoms with Gasteiger partial charge in [-0.15, -0.1) is 0 Å². The van der Waals surface area contributed by atoms with Crippen molar-refractivity contribution in [1.29, 1.82) is 0 Å². The molecule has 0 radical (unpaired) electrons. The van der Waals surface area contributed by atoms with Crippen LogP contribution in [0.2, 0.25) is 0 Å². The average molecular weight is 362 g/mol. The van der Waals surface area contributed by atoms with Gasteiger partial charge in [0.1, 0.15) is 5.56 Å². The number of hydrogen-bond acceptors (Lipinski definition) is 3. The van der Waals surface area contributed by atoms with Crippen LogP contribution in [0.15, 0.2) is 10.9 Å². The second-order valence-electron chi connectivity index (χ2n) is 7.76. The van der Waals surface area contributed by atoms with Crippen LogP contribution in [0, 0.1) is 12.8 Å². The Morgan fingerprint density at radius 3 is 2.35 bits per heavy atom. The molecule has 1 amide bonds. The van der Waals surface area contributed by atoms with Crippen molar-refractivity contribution in [2.75, 3.05) is 33.7 Å². The predicted molar refractivity (Wildman–Crippen MR) is 107 cm³/mol. The van der Waals surface area contributed by atoms with E-state index in [0.29, 0.717) is 24.6 Å². The Balaban J connectivity index is 2.53. The molecule has 0 saturated heterocycles. The minimum atomic E-state index is -0.117. The topological polar surface area (TPSA) is 45.6 Å². The predicted octanol–water partition coefficient (Wildman–Crippen LogP) is 2.93. The summed E-state index contributed by atoms with van der Waals surface area (Å²) >= 11 is 0. The van der Waals surface area contributed by atoms with Gasteiger partial charge in [-0.2, -0.15) is 0 Å². The standard InChI is InChI=1S/C21H35N3O2/c1-6-23(7-2)21(26)20-18(15-17-10-8-9-11-17)24(13-12-22(4)5)16(3)14-19(20)25/h14,17H,6-13,15H2,1-5H3. The minimum Gasteiger partial charge on any atom is -0.347 e. The average Bonchev–Trinajstić information content (AvgIpc) is 3.08. The molecular weight excluding hydrogens is 326 g/mol. The summed E-state index contributed by atoms with van der Waals surface area (Å²) in [6.45, 7) is 8.88.